The van der Waals surface area contributed by atoms with Crippen molar-refractivity contribution in [3.63, 3.8) is 0 Å². The van der Waals surface area contributed by atoms with Gasteiger partial charge >= 0.3 is 0 Å². The standard InChI is InChI=1S/C15H20N4O2/c1-9-4-5-18(13(9)8-20)15(21)12-7-16-19-11(3)6-10(2)17-14(12)19/h6-7,9,13,20H,4-5,8H2,1-3H3. The Hall–Kier alpha value is -1.95. The molecule has 6 heteroatoms. The highest BCUT2D eigenvalue weighted by Crippen LogP contribution is 2.26. The summed E-state index contributed by atoms with van der Waals surface area (Å²) in [6.07, 6.45) is 2.50. The first-order chi connectivity index (χ1) is 10.0. The molecule has 112 valence electrons. The van der Waals surface area contributed by atoms with E-state index < -0.39 is 0 Å². The molecule has 1 aliphatic rings. The van der Waals surface area contributed by atoms with Crippen LogP contribution in [0.4, 0.5) is 0 Å². The van der Waals surface area contributed by atoms with Crippen LogP contribution in [0.3, 0.4) is 0 Å². The number of amides is 1. The van der Waals surface area contributed by atoms with E-state index in [2.05, 4.69) is 17.0 Å². The van der Waals surface area contributed by atoms with Crippen LogP contribution in [0.15, 0.2) is 12.3 Å². The second-order valence-electron chi connectivity index (χ2n) is 5.85. The SMILES string of the molecule is Cc1cc(C)n2ncc(C(=O)N3CCC(C)C3CO)c2n1. The van der Waals surface area contributed by atoms with E-state index in [9.17, 15) is 9.90 Å². The van der Waals surface area contributed by atoms with Gasteiger partial charge in [-0.05, 0) is 32.3 Å². The summed E-state index contributed by atoms with van der Waals surface area (Å²) in [5, 5.41) is 13.8. The van der Waals surface area contributed by atoms with Crippen molar-refractivity contribution in [3.8, 4) is 0 Å². The van der Waals surface area contributed by atoms with Crippen molar-refractivity contribution in [1.82, 2.24) is 19.5 Å². The number of aliphatic hydroxyl groups is 1. The number of hydrogen-bond donors (Lipinski definition) is 1. The predicted octanol–water partition coefficient (Wildman–Crippen LogP) is 1.19. The fraction of sp³-hybridized carbons (Fsp3) is 0.533. The molecule has 2 aromatic heterocycles. The molecule has 0 saturated carbocycles. The zero-order valence-electron chi connectivity index (χ0n) is 12.6. The van der Waals surface area contributed by atoms with Gasteiger partial charge in [0, 0.05) is 17.9 Å². The van der Waals surface area contributed by atoms with Crippen molar-refractivity contribution in [2.75, 3.05) is 13.2 Å². The van der Waals surface area contributed by atoms with Crippen LogP contribution in [0.25, 0.3) is 5.65 Å². The van der Waals surface area contributed by atoms with E-state index in [1.54, 1.807) is 15.6 Å². The largest absolute Gasteiger partial charge is 0.394 e. The molecule has 0 radical (unpaired) electrons. The molecule has 2 unspecified atom stereocenters. The molecule has 3 heterocycles. The third-order valence-electron chi connectivity index (χ3n) is 4.34. The number of rotatable bonds is 2. The Kier molecular flexibility index (Phi) is 3.41. The molecular weight excluding hydrogens is 268 g/mol. The maximum Gasteiger partial charge on any atom is 0.259 e. The monoisotopic (exact) mass is 288 g/mol. The van der Waals surface area contributed by atoms with Gasteiger partial charge in [-0.1, -0.05) is 6.92 Å². The molecule has 1 saturated heterocycles. The Morgan fingerprint density at radius 2 is 2.24 bits per heavy atom. The van der Waals surface area contributed by atoms with E-state index >= 15 is 0 Å². The van der Waals surface area contributed by atoms with Gasteiger partial charge in [0.25, 0.3) is 5.91 Å². The van der Waals surface area contributed by atoms with Crippen molar-refractivity contribution in [3.05, 3.63) is 29.2 Å². The molecule has 0 aliphatic carbocycles. The van der Waals surface area contributed by atoms with Crippen LogP contribution in [0.5, 0.6) is 0 Å². The highest BCUT2D eigenvalue weighted by atomic mass is 16.3. The van der Waals surface area contributed by atoms with E-state index in [0.29, 0.717) is 23.7 Å². The first-order valence-electron chi connectivity index (χ1n) is 7.26. The zero-order chi connectivity index (χ0) is 15.1. The van der Waals surface area contributed by atoms with Gasteiger partial charge in [0.15, 0.2) is 5.65 Å². The van der Waals surface area contributed by atoms with Crippen LogP contribution in [0, 0.1) is 19.8 Å². The number of fused-ring (bicyclic) bond motifs is 1. The van der Waals surface area contributed by atoms with Gasteiger partial charge in [-0.2, -0.15) is 5.10 Å². The maximum atomic E-state index is 12.8. The lowest BCUT2D eigenvalue weighted by Gasteiger charge is -2.24. The second kappa shape index (κ2) is 5.11. The molecule has 3 rings (SSSR count). The lowest BCUT2D eigenvalue weighted by molar-refractivity contribution is 0.0650. The quantitative estimate of drug-likeness (QED) is 0.901. The van der Waals surface area contributed by atoms with E-state index in [0.717, 1.165) is 17.8 Å². The Bertz CT molecular complexity index is 694. The number of nitrogens with zero attached hydrogens (tertiary/aromatic N) is 4. The van der Waals surface area contributed by atoms with Gasteiger partial charge in [-0.25, -0.2) is 9.50 Å². The van der Waals surface area contributed by atoms with Crippen molar-refractivity contribution in [2.45, 2.75) is 33.2 Å². The van der Waals surface area contributed by atoms with Gasteiger partial charge in [0.2, 0.25) is 0 Å². The number of aliphatic hydroxyl groups excluding tert-OH is 1. The Morgan fingerprint density at radius 1 is 1.48 bits per heavy atom. The molecular formula is C15H20N4O2. The molecule has 6 nitrogen and oxygen atoms in total. The van der Waals surface area contributed by atoms with Crippen LogP contribution in [-0.2, 0) is 0 Å². The summed E-state index contributed by atoms with van der Waals surface area (Å²) in [6, 6.07) is 1.82. The molecule has 0 spiro atoms. The van der Waals surface area contributed by atoms with Gasteiger partial charge in [-0.15, -0.1) is 0 Å². The number of carbonyl (C=O) groups excluding carboxylic acids is 1. The average molecular weight is 288 g/mol. The van der Waals surface area contributed by atoms with Crippen LogP contribution < -0.4 is 0 Å². The van der Waals surface area contributed by atoms with Crippen molar-refractivity contribution >= 4 is 11.6 Å². The van der Waals surface area contributed by atoms with E-state index in [1.807, 2.05) is 19.9 Å². The van der Waals surface area contributed by atoms with Gasteiger partial charge < -0.3 is 10.0 Å². The van der Waals surface area contributed by atoms with E-state index in [-0.39, 0.29) is 18.6 Å². The van der Waals surface area contributed by atoms with Gasteiger partial charge in [0.05, 0.1) is 18.8 Å². The summed E-state index contributed by atoms with van der Waals surface area (Å²) in [5.41, 5.74) is 2.91. The number of hydrogen-bond acceptors (Lipinski definition) is 4. The number of aryl methyl sites for hydroxylation is 2. The minimum Gasteiger partial charge on any atom is -0.394 e. The molecule has 1 aliphatic heterocycles. The topological polar surface area (TPSA) is 70.7 Å². The Balaban J connectivity index is 2.03. The molecule has 0 aromatic carbocycles. The fourth-order valence-corrected chi connectivity index (χ4v) is 3.11. The van der Waals surface area contributed by atoms with E-state index in [1.165, 1.54) is 0 Å². The summed E-state index contributed by atoms with van der Waals surface area (Å²) in [7, 11) is 0. The third-order valence-corrected chi connectivity index (χ3v) is 4.34. The number of aromatic nitrogens is 3. The van der Waals surface area contributed by atoms with Gasteiger partial charge in [-0.3, -0.25) is 4.79 Å². The lowest BCUT2D eigenvalue weighted by Crippen LogP contribution is -2.39. The number of carbonyl (C=O) groups is 1. The highest BCUT2D eigenvalue weighted by Gasteiger charge is 2.35. The summed E-state index contributed by atoms with van der Waals surface area (Å²) >= 11 is 0. The molecule has 0 bridgehead atoms. The molecule has 21 heavy (non-hydrogen) atoms. The smallest absolute Gasteiger partial charge is 0.259 e. The minimum absolute atomic E-state index is 0.00238. The summed E-state index contributed by atoms with van der Waals surface area (Å²) in [4.78, 5) is 19.0. The number of likely N-dealkylation sites (tertiary alicyclic amines) is 1. The minimum atomic E-state index is -0.113. The van der Waals surface area contributed by atoms with Crippen molar-refractivity contribution in [2.24, 2.45) is 5.92 Å². The summed E-state index contributed by atoms with van der Waals surface area (Å²) < 4.78 is 1.69. The molecule has 2 aromatic rings. The van der Waals surface area contributed by atoms with Crippen molar-refractivity contribution in [1.29, 1.82) is 0 Å². The third kappa shape index (κ3) is 2.19. The lowest BCUT2D eigenvalue weighted by atomic mass is 10.0. The zero-order valence-corrected chi connectivity index (χ0v) is 12.6. The fourth-order valence-electron chi connectivity index (χ4n) is 3.11. The Morgan fingerprint density at radius 3 is 2.95 bits per heavy atom. The predicted molar refractivity (Wildman–Crippen MR) is 78.2 cm³/mol. The molecule has 1 N–H and O–H groups in total. The molecule has 2 atom stereocenters. The van der Waals surface area contributed by atoms with Crippen LogP contribution in [0.2, 0.25) is 0 Å². The normalized spacial score (nSPS) is 22.2. The van der Waals surface area contributed by atoms with Crippen molar-refractivity contribution < 1.29 is 9.90 Å². The molecule has 1 amide bonds. The van der Waals surface area contributed by atoms with Gasteiger partial charge in [0.1, 0.15) is 5.56 Å². The first-order valence-corrected chi connectivity index (χ1v) is 7.26. The molecule has 1 fully saturated rings. The van der Waals surface area contributed by atoms with Crippen LogP contribution >= 0.6 is 0 Å². The van der Waals surface area contributed by atoms with Crippen LogP contribution in [-0.4, -0.2) is 49.7 Å². The second-order valence-corrected chi connectivity index (χ2v) is 5.85. The van der Waals surface area contributed by atoms with Crippen LogP contribution in [0.1, 0.15) is 35.1 Å². The maximum absolute atomic E-state index is 12.8. The first kappa shape index (κ1) is 14.0. The summed E-state index contributed by atoms with van der Waals surface area (Å²) in [6.45, 7) is 6.59. The summed E-state index contributed by atoms with van der Waals surface area (Å²) in [5.74, 6) is 0.225. The highest BCUT2D eigenvalue weighted by molar-refractivity contribution is 6.00. The average Bonchev–Trinajstić information content (AvgIpc) is 3.01. The Labute approximate surface area is 123 Å². The van der Waals surface area contributed by atoms with E-state index in [4.69, 9.17) is 0 Å².